The molecule has 1 N–H and O–H groups in total. The minimum atomic E-state index is -3.76. The number of carbonyl (C=O) groups is 1. The molecule has 1 aliphatic heterocycles. The van der Waals surface area contributed by atoms with Crippen LogP contribution in [0.1, 0.15) is 13.3 Å². The summed E-state index contributed by atoms with van der Waals surface area (Å²) < 4.78 is 37.0. The van der Waals surface area contributed by atoms with Gasteiger partial charge in [0, 0.05) is 26.1 Å². The summed E-state index contributed by atoms with van der Waals surface area (Å²) in [6, 6.07) is 4.47. The Morgan fingerprint density at radius 2 is 1.95 bits per heavy atom. The van der Waals surface area contributed by atoms with Crippen LogP contribution >= 0.6 is 0 Å². The number of benzene rings is 1. The highest BCUT2D eigenvalue weighted by Gasteiger charge is 2.24. The molecule has 1 aromatic carbocycles. The first-order chi connectivity index (χ1) is 10.4. The molecule has 22 heavy (non-hydrogen) atoms. The number of rotatable bonds is 5. The molecule has 0 atom stereocenters. The summed E-state index contributed by atoms with van der Waals surface area (Å²) in [4.78, 5) is 11.6. The van der Waals surface area contributed by atoms with Gasteiger partial charge >= 0.3 is 0 Å². The minimum absolute atomic E-state index is 0.0727. The first-order valence-electron chi connectivity index (χ1n) is 7.08. The van der Waals surface area contributed by atoms with Crippen molar-refractivity contribution in [3.8, 4) is 11.5 Å². The zero-order chi connectivity index (χ0) is 16.2. The molecule has 1 aromatic rings. The second-order valence-corrected chi connectivity index (χ2v) is 6.92. The van der Waals surface area contributed by atoms with Crippen LogP contribution in [0.2, 0.25) is 0 Å². The number of likely N-dealkylation sites (N-methyl/N-ethyl adjacent to an activating group) is 2. The van der Waals surface area contributed by atoms with Crippen LogP contribution in [0.3, 0.4) is 0 Å². The molecule has 7 nitrogen and oxygen atoms in total. The molecule has 0 spiro atoms. The van der Waals surface area contributed by atoms with Crippen molar-refractivity contribution in [1.29, 1.82) is 0 Å². The molecule has 0 radical (unpaired) electrons. The predicted octanol–water partition coefficient (Wildman–Crippen LogP) is 0.604. The van der Waals surface area contributed by atoms with Crippen LogP contribution in [0.15, 0.2) is 23.1 Å². The fourth-order valence-corrected chi connectivity index (χ4v) is 3.17. The first-order valence-corrected chi connectivity index (χ1v) is 8.52. The Morgan fingerprint density at radius 1 is 1.27 bits per heavy atom. The third-order valence-electron chi connectivity index (χ3n) is 3.17. The summed E-state index contributed by atoms with van der Waals surface area (Å²) in [5, 5.41) is 2.57. The van der Waals surface area contributed by atoms with Crippen molar-refractivity contribution in [2.45, 2.75) is 18.2 Å². The van der Waals surface area contributed by atoms with Gasteiger partial charge in [0.2, 0.25) is 15.9 Å². The second-order valence-electron chi connectivity index (χ2n) is 4.87. The first kappa shape index (κ1) is 16.6. The van der Waals surface area contributed by atoms with E-state index in [0.717, 1.165) is 10.7 Å². The van der Waals surface area contributed by atoms with E-state index in [1.807, 2.05) is 0 Å². The van der Waals surface area contributed by atoms with Crippen molar-refractivity contribution < 1.29 is 22.7 Å². The van der Waals surface area contributed by atoms with Gasteiger partial charge in [-0.3, -0.25) is 4.79 Å². The van der Waals surface area contributed by atoms with E-state index in [0.29, 0.717) is 31.3 Å². The number of hydrogen-bond donors (Lipinski definition) is 1. The fourth-order valence-electron chi connectivity index (χ4n) is 2.02. The topological polar surface area (TPSA) is 84.9 Å². The van der Waals surface area contributed by atoms with Gasteiger partial charge in [0.15, 0.2) is 11.5 Å². The molecule has 0 aliphatic carbocycles. The maximum absolute atomic E-state index is 12.5. The molecule has 122 valence electrons. The van der Waals surface area contributed by atoms with Crippen molar-refractivity contribution in [2.24, 2.45) is 0 Å². The lowest BCUT2D eigenvalue weighted by atomic mass is 10.3. The summed E-state index contributed by atoms with van der Waals surface area (Å²) in [6.45, 7) is 3.01. The average molecular weight is 328 g/mol. The Labute approximate surface area is 130 Å². The minimum Gasteiger partial charge on any atom is -0.490 e. The van der Waals surface area contributed by atoms with Crippen molar-refractivity contribution in [3.63, 3.8) is 0 Å². The molecule has 1 amide bonds. The number of ether oxygens (including phenoxy) is 2. The Kier molecular flexibility index (Phi) is 5.25. The maximum atomic E-state index is 12.5. The maximum Gasteiger partial charge on any atom is 0.243 e. The van der Waals surface area contributed by atoms with E-state index in [1.165, 1.54) is 19.2 Å². The monoisotopic (exact) mass is 328 g/mol. The molecule has 0 aromatic heterocycles. The number of nitrogens with one attached hydrogen (secondary N) is 1. The van der Waals surface area contributed by atoms with Gasteiger partial charge in [0.05, 0.1) is 24.7 Å². The number of amides is 1. The highest BCUT2D eigenvalue weighted by atomic mass is 32.2. The number of hydrogen-bond acceptors (Lipinski definition) is 5. The van der Waals surface area contributed by atoms with Crippen LogP contribution in [-0.4, -0.2) is 52.0 Å². The summed E-state index contributed by atoms with van der Waals surface area (Å²) in [7, 11) is -2.39. The van der Waals surface area contributed by atoms with E-state index >= 15 is 0 Å². The molecule has 0 bridgehead atoms. The van der Waals surface area contributed by atoms with Crippen molar-refractivity contribution in [3.05, 3.63) is 18.2 Å². The van der Waals surface area contributed by atoms with Crippen LogP contribution in [0.4, 0.5) is 0 Å². The Balaban J connectivity index is 2.22. The third-order valence-corrected chi connectivity index (χ3v) is 4.97. The predicted molar refractivity (Wildman–Crippen MR) is 80.5 cm³/mol. The normalized spacial score (nSPS) is 14.5. The Morgan fingerprint density at radius 3 is 2.64 bits per heavy atom. The highest BCUT2D eigenvalue weighted by Crippen LogP contribution is 2.32. The SMILES string of the molecule is CCNC(=O)CN(C)S(=O)(=O)c1ccc2c(c1)OCCCO2. The largest absolute Gasteiger partial charge is 0.490 e. The fraction of sp³-hybridized carbons (Fsp3) is 0.500. The van der Waals surface area contributed by atoms with E-state index in [1.54, 1.807) is 13.0 Å². The van der Waals surface area contributed by atoms with Gasteiger partial charge in [-0.15, -0.1) is 0 Å². The van der Waals surface area contributed by atoms with E-state index in [2.05, 4.69) is 5.32 Å². The third kappa shape index (κ3) is 3.69. The number of nitrogens with zero attached hydrogens (tertiary/aromatic N) is 1. The second kappa shape index (κ2) is 6.97. The van der Waals surface area contributed by atoms with Gasteiger partial charge in [-0.1, -0.05) is 0 Å². The molecule has 8 heteroatoms. The van der Waals surface area contributed by atoms with Crippen LogP contribution in [-0.2, 0) is 14.8 Å². The summed E-state index contributed by atoms with van der Waals surface area (Å²) >= 11 is 0. The quantitative estimate of drug-likeness (QED) is 0.856. The molecule has 0 saturated carbocycles. The highest BCUT2D eigenvalue weighted by molar-refractivity contribution is 7.89. The number of sulfonamides is 1. The molecule has 2 rings (SSSR count). The molecular formula is C14H20N2O5S. The molecule has 1 heterocycles. The molecule has 1 aliphatic rings. The smallest absolute Gasteiger partial charge is 0.243 e. The summed E-state index contributed by atoms with van der Waals surface area (Å²) in [5.41, 5.74) is 0. The zero-order valence-electron chi connectivity index (χ0n) is 12.7. The molecular weight excluding hydrogens is 308 g/mol. The number of carbonyl (C=O) groups excluding carboxylic acids is 1. The van der Waals surface area contributed by atoms with Gasteiger partial charge in [0.25, 0.3) is 0 Å². The molecule has 0 fully saturated rings. The van der Waals surface area contributed by atoms with Crippen molar-refractivity contribution in [1.82, 2.24) is 9.62 Å². The van der Waals surface area contributed by atoms with E-state index in [-0.39, 0.29) is 17.3 Å². The van der Waals surface area contributed by atoms with Gasteiger partial charge in [-0.05, 0) is 19.1 Å². The van der Waals surface area contributed by atoms with Crippen molar-refractivity contribution in [2.75, 3.05) is 33.4 Å². The van der Waals surface area contributed by atoms with Crippen molar-refractivity contribution >= 4 is 15.9 Å². The van der Waals surface area contributed by atoms with E-state index < -0.39 is 10.0 Å². The summed E-state index contributed by atoms with van der Waals surface area (Å²) in [6.07, 6.45) is 0.744. The van der Waals surface area contributed by atoms with E-state index in [4.69, 9.17) is 9.47 Å². The Hall–Kier alpha value is -1.80. The lowest BCUT2D eigenvalue weighted by Crippen LogP contribution is -2.38. The van der Waals surface area contributed by atoms with Gasteiger partial charge in [-0.2, -0.15) is 4.31 Å². The number of fused-ring (bicyclic) bond motifs is 1. The molecule has 0 saturated heterocycles. The van der Waals surface area contributed by atoms with E-state index in [9.17, 15) is 13.2 Å². The molecule has 0 unspecified atom stereocenters. The van der Waals surface area contributed by atoms with Gasteiger partial charge < -0.3 is 14.8 Å². The summed E-state index contributed by atoms with van der Waals surface area (Å²) in [5.74, 6) is 0.593. The lowest BCUT2D eigenvalue weighted by molar-refractivity contribution is -0.121. The van der Waals surface area contributed by atoms with Crippen LogP contribution in [0, 0.1) is 0 Å². The van der Waals surface area contributed by atoms with Crippen LogP contribution in [0.25, 0.3) is 0 Å². The van der Waals surface area contributed by atoms with Crippen LogP contribution in [0.5, 0.6) is 11.5 Å². The Bertz CT molecular complexity index is 645. The zero-order valence-corrected chi connectivity index (χ0v) is 13.5. The van der Waals surface area contributed by atoms with Gasteiger partial charge in [-0.25, -0.2) is 8.42 Å². The van der Waals surface area contributed by atoms with Gasteiger partial charge in [0.1, 0.15) is 0 Å². The van der Waals surface area contributed by atoms with Crippen LogP contribution < -0.4 is 14.8 Å². The standard InChI is InChI=1S/C14H20N2O5S/c1-3-15-14(17)10-16(2)22(18,19)11-5-6-12-13(9-11)21-8-4-7-20-12/h5-6,9H,3-4,7-8,10H2,1-2H3,(H,15,17). The average Bonchev–Trinajstić information content (AvgIpc) is 2.71. The lowest BCUT2D eigenvalue weighted by Gasteiger charge is -2.17.